The molecule has 4 saturated carbocycles. The quantitative estimate of drug-likeness (QED) is 0.684. The lowest BCUT2D eigenvalue weighted by molar-refractivity contribution is -0.194. The molecular weight excluding hydrogens is 303 g/mol. The lowest BCUT2D eigenvalue weighted by atomic mass is 9.43. The Morgan fingerprint density at radius 1 is 1.04 bits per heavy atom. The Bertz CT molecular complexity index is 586. The highest BCUT2D eigenvalue weighted by Crippen LogP contribution is 2.70. The normalized spacial score (nSPS) is 53.9. The summed E-state index contributed by atoms with van der Waals surface area (Å²) in [5, 5.41) is 0. The highest BCUT2D eigenvalue weighted by Gasteiger charge is 2.68. The Balaban J connectivity index is 1.69. The fourth-order valence-corrected chi connectivity index (χ4v) is 7.60. The Hall–Kier alpha value is -0.730. The Morgan fingerprint density at radius 3 is 2.46 bits per heavy atom. The molecule has 134 valence electrons. The van der Waals surface area contributed by atoms with Crippen molar-refractivity contribution in [3.63, 3.8) is 0 Å². The van der Waals surface area contributed by atoms with Gasteiger partial charge in [0.2, 0.25) is 0 Å². The van der Waals surface area contributed by atoms with Crippen LogP contribution in [0, 0.1) is 34.5 Å². The van der Waals surface area contributed by atoms with E-state index in [0.717, 1.165) is 38.5 Å². The van der Waals surface area contributed by atoms with Crippen molar-refractivity contribution in [2.24, 2.45) is 34.5 Å². The number of halogens is 1. The Morgan fingerprint density at radius 2 is 1.75 bits per heavy atom. The van der Waals surface area contributed by atoms with Crippen molar-refractivity contribution < 1.29 is 14.0 Å². The van der Waals surface area contributed by atoms with Crippen molar-refractivity contribution in [3.05, 3.63) is 0 Å². The van der Waals surface area contributed by atoms with Crippen LogP contribution in [0.25, 0.3) is 0 Å². The summed E-state index contributed by atoms with van der Waals surface area (Å²) in [6, 6.07) is 0. The van der Waals surface area contributed by atoms with E-state index in [1.165, 1.54) is 0 Å². The van der Waals surface area contributed by atoms with Crippen molar-refractivity contribution >= 4 is 11.6 Å². The second kappa shape index (κ2) is 5.14. The summed E-state index contributed by atoms with van der Waals surface area (Å²) < 4.78 is 16.6. The zero-order chi connectivity index (χ0) is 17.3. The summed E-state index contributed by atoms with van der Waals surface area (Å²) in [5.41, 5.74) is -1.47. The summed E-state index contributed by atoms with van der Waals surface area (Å²) >= 11 is 0. The largest absolute Gasteiger partial charge is 0.300 e. The van der Waals surface area contributed by atoms with Crippen LogP contribution in [-0.4, -0.2) is 17.2 Å². The van der Waals surface area contributed by atoms with E-state index in [2.05, 4.69) is 13.8 Å². The molecule has 3 heteroatoms. The van der Waals surface area contributed by atoms with Gasteiger partial charge in [-0.3, -0.25) is 9.59 Å². The minimum atomic E-state index is -1.13. The van der Waals surface area contributed by atoms with Gasteiger partial charge < -0.3 is 0 Å². The van der Waals surface area contributed by atoms with Gasteiger partial charge in [-0.25, -0.2) is 4.39 Å². The molecule has 0 aromatic heterocycles. The van der Waals surface area contributed by atoms with Crippen LogP contribution >= 0.6 is 0 Å². The summed E-state index contributed by atoms with van der Waals surface area (Å²) in [6.07, 6.45) is 7.17. The van der Waals surface area contributed by atoms with Crippen molar-refractivity contribution in [1.82, 2.24) is 0 Å². The van der Waals surface area contributed by atoms with Crippen LogP contribution in [0.1, 0.15) is 78.6 Å². The standard InChI is InChI=1S/C21H31FO2/c1-13(23)16-6-7-17-18-5-4-14-12-15(24)8-9-20(14,3)21(18,22)11-10-19(16,17)2/h14,16-18H,4-12H2,1-3H3/t14-,16+,17-,18-,19+,20-,21+/m0/s1. The third-order valence-corrected chi connectivity index (χ3v) is 9.07. The molecule has 0 amide bonds. The number of fused-ring (bicyclic) bond motifs is 5. The third kappa shape index (κ3) is 1.93. The van der Waals surface area contributed by atoms with Crippen LogP contribution in [0.2, 0.25) is 0 Å². The molecular formula is C21H31FO2. The lowest BCUT2D eigenvalue weighted by Crippen LogP contribution is -2.63. The van der Waals surface area contributed by atoms with E-state index in [4.69, 9.17) is 0 Å². The van der Waals surface area contributed by atoms with Crippen LogP contribution in [0.5, 0.6) is 0 Å². The molecule has 0 radical (unpaired) electrons. The van der Waals surface area contributed by atoms with Crippen LogP contribution in [0.15, 0.2) is 0 Å². The van der Waals surface area contributed by atoms with E-state index in [9.17, 15) is 9.59 Å². The van der Waals surface area contributed by atoms with E-state index >= 15 is 4.39 Å². The number of carbonyl (C=O) groups excluding carboxylic acids is 2. The second-order valence-electron chi connectivity index (χ2n) is 9.76. The summed E-state index contributed by atoms with van der Waals surface area (Å²) in [6.45, 7) is 6.12. The van der Waals surface area contributed by atoms with Gasteiger partial charge in [0, 0.05) is 24.2 Å². The maximum Gasteiger partial charge on any atom is 0.133 e. The molecule has 0 aromatic rings. The van der Waals surface area contributed by atoms with Gasteiger partial charge in [0.1, 0.15) is 17.2 Å². The zero-order valence-corrected chi connectivity index (χ0v) is 15.4. The molecule has 0 aromatic carbocycles. The number of alkyl halides is 1. The van der Waals surface area contributed by atoms with Gasteiger partial charge in [-0.1, -0.05) is 13.8 Å². The fraction of sp³-hybridized carbons (Fsp3) is 0.905. The van der Waals surface area contributed by atoms with E-state index in [-0.39, 0.29) is 28.6 Å². The molecule has 0 bridgehead atoms. The van der Waals surface area contributed by atoms with E-state index in [0.29, 0.717) is 36.7 Å². The topological polar surface area (TPSA) is 34.1 Å². The molecule has 7 atom stereocenters. The minimum Gasteiger partial charge on any atom is -0.300 e. The van der Waals surface area contributed by atoms with Crippen LogP contribution in [0.3, 0.4) is 0 Å². The van der Waals surface area contributed by atoms with Crippen molar-refractivity contribution in [1.29, 1.82) is 0 Å². The first kappa shape index (κ1) is 16.7. The van der Waals surface area contributed by atoms with Gasteiger partial charge in [-0.05, 0) is 75.0 Å². The molecule has 0 saturated heterocycles. The van der Waals surface area contributed by atoms with Gasteiger partial charge in [0.15, 0.2) is 0 Å². The SMILES string of the molecule is CC(=O)[C@H]1CC[C@H]2[C@@H]3CC[C@H]4CC(=O)CC[C@]4(C)[C@@]3(F)CC[C@]12C. The average molecular weight is 334 g/mol. The summed E-state index contributed by atoms with van der Waals surface area (Å²) in [4.78, 5) is 24.1. The maximum absolute atomic E-state index is 16.6. The van der Waals surface area contributed by atoms with Gasteiger partial charge in [-0.15, -0.1) is 0 Å². The average Bonchev–Trinajstić information content (AvgIpc) is 2.87. The fourth-order valence-electron chi connectivity index (χ4n) is 7.60. The molecule has 0 unspecified atom stereocenters. The summed E-state index contributed by atoms with van der Waals surface area (Å²) in [7, 11) is 0. The molecule has 4 aliphatic rings. The predicted octanol–water partition coefficient (Wildman–Crippen LogP) is 4.90. The smallest absolute Gasteiger partial charge is 0.133 e. The van der Waals surface area contributed by atoms with Gasteiger partial charge in [-0.2, -0.15) is 0 Å². The minimum absolute atomic E-state index is 0.000225. The molecule has 0 N–H and O–H groups in total. The van der Waals surface area contributed by atoms with Crippen LogP contribution < -0.4 is 0 Å². The number of ketones is 2. The highest BCUT2D eigenvalue weighted by atomic mass is 19.1. The first-order valence-corrected chi connectivity index (χ1v) is 9.93. The van der Waals surface area contributed by atoms with Crippen LogP contribution in [0.4, 0.5) is 4.39 Å². The maximum atomic E-state index is 16.6. The third-order valence-electron chi connectivity index (χ3n) is 9.07. The first-order valence-electron chi connectivity index (χ1n) is 9.93. The van der Waals surface area contributed by atoms with E-state index in [1.807, 2.05) is 0 Å². The molecule has 0 heterocycles. The summed E-state index contributed by atoms with van der Waals surface area (Å²) in [5.74, 6) is 1.43. The molecule has 0 aliphatic heterocycles. The number of Topliss-reactive ketones (excluding diaryl/α,β-unsaturated/α-hetero) is 2. The van der Waals surface area contributed by atoms with Crippen molar-refractivity contribution in [3.8, 4) is 0 Å². The lowest BCUT2D eigenvalue weighted by Gasteiger charge is -2.63. The number of hydrogen-bond acceptors (Lipinski definition) is 2. The van der Waals surface area contributed by atoms with Crippen LogP contribution in [-0.2, 0) is 9.59 Å². The van der Waals surface area contributed by atoms with Gasteiger partial charge >= 0.3 is 0 Å². The zero-order valence-electron chi connectivity index (χ0n) is 15.4. The van der Waals surface area contributed by atoms with Gasteiger partial charge in [0.25, 0.3) is 0 Å². The predicted molar refractivity (Wildman–Crippen MR) is 91.3 cm³/mol. The number of carbonyl (C=O) groups is 2. The Kier molecular flexibility index (Phi) is 3.58. The number of rotatable bonds is 1. The Labute approximate surface area is 145 Å². The van der Waals surface area contributed by atoms with Crippen molar-refractivity contribution in [2.75, 3.05) is 0 Å². The molecule has 4 rings (SSSR count). The van der Waals surface area contributed by atoms with E-state index < -0.39 is 5.67 Å². The second-order valence-corrected chi connectivity index (χ2v) is 9.76. The number of hydrogen-bond donors (Lipinski definition) is 0. The first-order chi connectivity index (χ1) is 11.2. The monoisotopic (exact) mass is 334 g/mol. The highest BCUT2D eigenvalue weighted by molar-refractivity contribution is 5.80. The molecule has 4 fully saturated rings. The molecule has 24 heavy (non-hydrogen) atoms. The van der Waals surface area contributed by atoms with Crippen molar-refractivity contribution in [2.45, 2.75) is 84.2 Å². The molecule has 4 aliphatic carbocycles. The molecule has 2 nitrogen and oxygen atoms in total. The van der Waals surface area contributed by atoms with E-state index in [1.54, 1.807) is 6.92 Å². The molecule has 0 spiro atoms. The van der Waals surface area contributed by atoms with Gasteiger partial charge in [0.05, 0.1) is 0 Å².